The second kappa shape index (κ2) is 5.66. The van der Waals surface area contributed by atoms with Gasteiger partial charge in [-0.1, -0.05) is 6.08 Å². The number of nitrogens with zero attached hydrogens (tertiary/aromatic N) is 1. The zero-order valence-electron chi connectivity index (χ0n) is 6.79. The fraction of sp³-hybridized carbons (Fsp3) is 0.167. The number of allylic oxidation sites excluding steroid dienone is 1. The van der Waals surface area contributed by atoms with Crippen molar-refractivity contribution in [2.45, 2.75) is 6.42 Å². The maximum absolute atomic E-state index is 8.88. The predicted octanol–water partition coefficient (Wildman–Crippen LogP) is 0.210. The highest BCUT2D eigenvalue weighted by Crippen LogP contribution is 2.25. The van der Waals surface area contributed by atoms with Crippen LogP contribution in [0.2, 0.25) is 0 Å². The van der Waals surface area contributed by atoms with E-state index in [9.17, 15) is 0 Å². The first-order valence-electron chi connectivity index (χ1n) is 3.31. The van der Waals surface area contributed by atoms with E-state index in [2.05, 4.69) is 16.5 Å². The molecule has 0 aliphatic heterocycles. The molecule has 0 unspecified atom stereocenters. The molecule has 0 saturated heterocycles. The van der Waals surface area contributed by atoms with Gasteiger partial charge in [-0.3, -0.25) is 0 Å². The number of nitrogens with one attached hydrogen (secondary N) is 1. The van der Waals surface area contributed by atoms with Crippen LogP contribution in [0, 0.1) is 0 Å². The van der Waals surface area contributed by atoms with Gasteiger partial charge in [0.25, 0.3) is 0 Å². The summed E-state index contributed by atoms with van der Waals surface area (Å²) in [6.45, 7) is 3.58. The molecule has 0 amide bonds. The Balaban J connectivity index is 0.000000252. The molecule has 0 aliphatic carbocycles. The van der Waals surface area contributed by atoms with Crippen LogP contribution in [0.25, 0.3) is 0 Å². The zero-order valence-corrected chi connectivity index (χ0v) is 7.69. The van der Waals surface area contributed by atoms with Gasteiger partial charge in [0.2, 0.25) is 0 Å². The predicted molar refractivity (Wildman–Crippen MR) is 46.8 cm³/mol. The van der Waals surface area contributed by atoms with Crippen LogP contribution in [0.15, 0.2) is 25.0 Å². The van der Waals surface area contributed by atoms with Gasteiger partial charge in [0.1, 0.15) is 5.82 Å². The molecule has 1 aromatic rings. The molecule has 0 bridgehead atoms. The topological polar surface area (TPSA) is 106 Å². The van der Waals surface area contributed by atoms with Gasteiger partial charge in [0.05, 0.1) is 0 Å². The summed E-state index contributed by atoms with van der Waals surface area (Å²) in [5, 5.41) is 0. The van der Waals surface area contributed by atoms with Crippen molar-refractivity contribution in [2.75, 3.05) is 0 Å². The van der Waals surface area contributed by atoms with Crippen LogP contribution in [-0.2, 0) is 11.0 Å². The number of aromatic amines is 1. The van der Waals surface area contributed by atoms with Gasteiger partial charge in [-0.2, -0.15) is 0 Å². The van der Waals surface area contributed by atoms with E-state index in [0.717, 1.165) is 12.2 Å². The Morgan fingerprint density at radius 2 is 2.15 bits per heavy atom. The lowest BCUT2D eigenvalue weighted by atomic mass is 10.4. The molecule has 4 N–H and O–H groups in total. The molecule has 1 aromatic heterocycles. The highest BCUT2D eigenvalue weighted by atomic mass is 31.2. The third-order valence-electron chi connectivity index (χ3n) is 0.893. The van der Waals surface area contributed by atoms with Crippen molar-refractivity contribution in [3.63, 3.8) is 0 Å². The molecule has 13 heavy (non-hydrogen) atoms. The van der Waals surface area contributed by atoms with Gasteiger partial charge in [0.15, 0.2) is 0 Å². The van der Waals surface area contributed by atoms with Gasteiger partial charge >= 0.3 is 7.82 Å². The molecular weight excluding hydrogens is 195 g/mol. The summed E-state index contributed by atoms with van der Waals surface area (Å²) in [4.78, 5) is 28.5. The summed E-state index contributed by atoms with van der Waals surface area (Å²) >= 11 is 0. The first kappa shape index (κ1) is 12.1. The van der Waals surface area contributed by atoms with Gasteiger partial charge in [-0.25, -0.2) is 9.55 Å². The fourth-order valence-electron chi connectivity index (χ4n) is 0.546. The number of hydrogen-bond acceptors (Lipinski definition) is 2. The second-order valence-corrected chi connectivity index (χ2v) is 3.07. The van der Waals surface area contributed by atoms with E-state index in [1.807, 2.05) is 6.08 Å². The molecule has 7 heteroatoms. The third-order valence-corrected chi connectivity index (χ3v) is 0.893. The summed E-state index contributed by atoms with van der Waals surface area (Å²) in [5.41, 5.74) is 0. The number of imidazole rings is 1. The maximum atomic E-state index is 8.88. The summed E-state index contributed by atoms with van der Waals surface area (Å²) in [5.74, 6) is 0.972. The molecule has 0 aromatic carbocycles. The minimum Gasteiger partial charge on any atom is -0.348 e. The normalized spacial score (nSPS) is 10.1. The van der Waals surface area contributed by atoms with E-state index in [4.69, 9.17) is 19.2 Å². The number of phosphoric acid groups is 1. The van der Waals surface area contributed by atoms with Crippen LogP contribution in [0.1, 0.15) is 5.82 Å². The smallest absolute Gasteiger partial charge is 0.348 e. The third kappa shape index (κ3) is 11.1. The van der Waals surface area contributed by atoms with E-state index < -0.39 is 7.82 Å². The minimum atomic E-state index is -4.64. The van der Waals surface area contributed by atoms with Crippen molar-refractivity contribution in [2.24, 2.45) is 0 Å². The molecular formula is C6H11N2O4P. The quantitative estimate of drug-likeness (QED) is 0.408. The van der Waals surface area contributed by atoms with Crippen LogP contribution in [0.4, 0.5) is 0 Å². The number of aromatic nitrogens is 2. The zero-order chi connectivity index (χ0) is 10.3. The van der Waals surface area contributed by atoms with E-state index in [1.165, 1.54) is 0 Å². The first-order chi connectivity index (χ1) is 5.93. The number of hydrogen-bond donors (Lipinski definition) is 4. The SMILES string of the molecule is C=CCc1ncc[nH]1.O=P(O)(O)O. The fourth-order valence-corrected chi connectivity index (χ4v) is 0.546. The van der Waals surface area contributed by atoms with Crippen LogP contribution < -0.4 is 0 Å². The van der Waals surface area contributed by atoms with Crippen LogP contribution in [0.5, 0.6) is 0 Å². The van der Waals surface area contributed by atoms with Crippen molar-refractivity contribution in [1.29, 1.82) is 0 Å². The lowest BCUT2D eigenvalue weighted by molar-refractivity contribution is 0.275. The van der Waals surface area contributed by atoms with Gasteiger partial charge < -0.3 is 19.7 Å². The molecule has 0 aliphatic rings. The molecule has 0 radical (unpaired) electrons. The van der Waals surface area contributed by atoms with Gasteiger partial charge in [-0.15, -0.1) is 6.58 Å². The van der Waals surface area contributed by atoms with Crippen molar-refractivity contribution >= 4 is 7.82 Å². The lowest BCUT2D eigenvalue weighted by Crippen LogP contribution is -1.80. The Hall–Kier alpha value is -0.940. The van der Waals surface area contributed by atoms with Crippen LogP contribution in [-0.4, -0.2) is 24.6 Å². The highest BCUT2D eigenvalue weighted by Gasteiger charge is 2.00. The van der Waals surface area contributed by atoms with Crippen molar-refractivity contribution in [3.8, 4) is 0 Å². The molecule has 0 atom stereocenters. The average Bonchev–Trinajstić information content (AvgIpc) is 2.36. The molecule has 74 valence electrons. The Kier molecular flexibility index (Phi) is 5.25. The summed E-state index contributed by atoms with van der Waals surface area (Å²) in [7, 11) is -4.64. The van der Waals surface area contributed by atoms with E-state index in [0.29, 0.717) is 0 Å². The Bertz CT molecular complexity index is 271. The monoisotopic (exact) mass is 206 g/mol. The highest BCUT2D eigenvalue weighted by molar-refractivity contribution is 7.45. The molecule has 0 spiro atoms. The van der Waals surface area contributed by atoms with Crippen molar-refractivity contribution < 1.29 is 19.2 Å². The first-order valence-corrected chi connectivity index (χ1v) is 4.87. The number of H-pyrrole nitrogens is 1. The molecule has 0 saturated carbocycles. The van der Waals surface area contributed by atoms with Crippen molar-refractivity contribution in [1.82, 2.24) is 9.97 Å². The molecule has 0 fully saturated rings. The van der Waals surface area contributed by atoms with E-state index in [-0.39, 0.29) is 0 Å². The summed E-state index contributed by atoms with van der Waals surface area (Å²) < 4.78 is 8.88. The van der Waals surface area contributed by atoms with E-state index in [1.54, 1.807) is 12.4 Å². The molecule has 1 heterocycles. The number of rotatable bonds is 2. The van der Waals surface area contributed by atoms with E-state index >= 15 is 0 Å². The molecule has 1 rings (SSSR count). The Morgan fingerprint density at radius 1 is 1.62 bits per heavy atom. The Morgan fingerprint density at radius 3 is 2.46 bits per heavy atom. The van der Waals surface area contributed by atoms with Crippen molar-refractivity contribution in [3.05, 3.63) is 30.9 Å². The second-order valence-electron chi connectivity index (χ2n) is 2.04. The summed E-state index contributed by atoms with van der Waals surface area (Å²) in [6.07, 6.45) is 6.18. The van der Waals surface area contributed by atoms with Crippen LogP contribution >= 0.6 is 7.82 Å². The summed E-state index contributed by atoms with van der Waals surface area (Å²) in [6, 6.07) is 0. The molecule has 6 nitrogen and oxygen atoms in total. The Labute approximate surface area is 75.2 Å². The largest absolute Gasteiger partial charge is 0.466 e. The van der Waals surface area contributed by atoms with Gasteiger partial charge in [0, 0.05) is 18.8 Å². The van der Waals surface area contributed by atoms with Crippen LogP contribution in [0.3, 0.4) is 0 Å². The average molecular weight is 206 g/mol. The minimum absolute atomic E-state index is 0.826. The van der Waals surface area contributed by atoms with Gasteiger partial charge in [-0.05, 0) is 0 Å². The maximum Gasteiger partial charge on any atom is 0.466 e. The standard InChI is InChI=1S/C6H8N2.H3O4P/c1-2-3-6-7-4-5-8-6;1-5(2,3)4/h2,4-5H,1,3H2,(H,7,8);(H3,1,2,3,4). The lowest BCUT2D eigenvalue weighted by Gasteiger charge is -1.82.